The number of amides is 3. The Morgan fingerprint density at radius 2 is 2.00 bits per heavy atom. The first kappa shape index (κ1) is 16.4. The second kappa shape index (κ2) is 6.12. The van der Waals surface area contributed by atoms with Crippen molar-refractivity contribution in [2.45, 2.75) is 38.1 Å². The van der Waals surface area contributed by atoms with Crippen molar-refractivity contribution in [1.29, 1.82) is 0 Å². The van der Waals surface area contributed by atoms with E-state index in [1.807, 2.05) is 30.0 Å². The van der Waals surface area contributed by atoms with Gasteiger partial charge in [-0.15, -0.1) is 0 Å². The Morgan fingerprint density at radius 3 is 2.85 bits per heavy atom. The number of nitrogens with one attached hydrogen (secondary N) is 2. The van der Waals surface area contributed by atoms with E-state index in [0.29, 0.717) is 24.8 Å². The molecule has 1 saturated carbocycles. The average molecular weight is 361 g/mol. The van der Waals surface area contributed by atoms with Gasteiger partial charge in [0.15, 0.2) is 0 Å². The lowest BCUT2D eigenvalue weighted by Crippen LogP contribution is -2.35. The van der Waals surface area contributed by atoms with Gasteiger partial charge in [-0.25, -0.2) is 4.79 Å². The van der Waals surface area contributed by atoms with Gasteiger partial charge in [-0.2, -0.15) is 0 Å². The number of rotatable bonds is 3. The number of hydrogen-bond donors (Lipinski definition) is 2. The first-order valence-corrected chi connectivity index (χ1v) is 9.74. The molecule has 1 heterocycles. The molecular weight excluding hydrogens is 338 g/mol. The molecule has 5 heteroatoms. The van der Waals surface area contributed by atoms with Crippen LogP contribution in [0.3, 0.4) is 0 Å². The topological polar surface area (TPSA) is 61.4 Å². The number of carbonyl (C=O) groups is 2. The zero-order chi connectivity index (χ0) is 18.5. The predicted octanol–water partition coefficient (Wildman–Crippen LogP) is 3.45. The Hall–Kier alpha value is -2.82. The van der Waals surface area contributed by atoms with Gasteiger partial charge in [-0.1, -0.05) is 24.3 Å². The summed E-state index contributed by atoms with van der Waals surface area (Å²) in [7, 11) is 0. The van der Waals surface area contributed by atoms with Crippen LogP contribution in [0.4, 0.5) is 16.2 Å². The number of nitrogens with zero attached hydrogens (tertiary/aromatic N) is 1. The zero-order valence-corrected chi connectivity index (χ0v) is 15.4. The molecule has 2 aromatic rings. The van der Waals surface area contributed by atoms with Crippen molar-refractivity contribution in [3.05, 3.63) is 59.2 Å². The van der Waals surface area contributed by atoms with Gasteiger partial charge in [-0.3, -0.25) is 4.79 Å². The number of hydrogen-bond acceptors (Lipinski definition) is 2. The molecule has 2 N–H and O–H groups in total. The SMILES string of the molecule is CCN1C(=O)CCc2cc(NC(=O)N[C@@H]3[C@H]4Cc5ccccc5[C@H]43)ccc21. The van der Waals surface area contributed by atoms with Crippen molar-refractivity contribution in [3.8, 4) is 0 Å². The number of urea groups is 1. The standard InChI is InChI=1S/C22H23N3O2/c1-2-25-18-9-8-15(11-14(18)7-10-19(25)26)23-22(27)24-21-17-12-13-5-3-4-6-16(13)20(17)21/h3-6,8-9,11,17,20-21H,2,7,10,12H2,1H3,(H2,23,24,27)/t17-,20+,21+/m0/s1. The number of carbonyl (C=O) groups excluding carboxylic acids is 2. The third-order valence-electron chi connectivity index (χ3n) is 6.19. The van der Waals surface area contributed by atoms with E-state index in [4.69, 9.17) is 0 Å². The summed E-state index contributed by atoms with van der Waals surface area (Å²) in [6.07, 6.45) is 2.32. The Balaban J connectivity index is 1.25. The molecule has 1 fully saturated rings. The summed E-state index contributed by atoms with van der Waals surface area (Å²) < 4.78 is 0. The Labute approximate surface area is 158 Å². The van der Waals surface area contributed by atoms with Crippen LogP contribution in [-0.4, -0.2) is 24.5 Å². The Kier molecular flexibility index (Phi) is 3.71. The van der Waals surface area contributed by atoms with E-state index in [2.05, 4.69) is 34.9 Å². The third kappa shape index (κ3) is 2.69. The lowest BCUT2D eigenvalue weighted by Gasteiger charge is -2.28. The van der Waals surface area contributed by atoms with Gasteiger partial charge in [0.2, 0.25) is 5.91 Å². The van der Waals surface area contributed by atoms with Crippen LogP contribution in [0, 0.1) is 5.92 Å². The molecule has 3 aliphatic rings. The lowest BCUT2D eigenvalue weighted by atomic mass is 10.0. The van der Waals surface area contributed by atoms with Crippen LogP contribution in [0.1, 0.15) is 36.0 Å². The molecule has 3 atom stereocenters. The summed E-state index contributed by atoms with van der Waals surface area (Å²) in [6, 6.07) is 14.4. The summed E-state index contributed by atoms with van der Waals surface area (Å²) in [5.74, 6) is 1.18. The van der Waals surface area contributed by atoms with Crippen molar-refractivity contribution in [2.24, 2.45) is 5.92 Å². The molecular formula is C22H23N3O2. The van der Waals surface area contributed by atoms with Gasteiger partial charge < -0.3 is 15.5 Å². The number of benzene rings is 2. The van der Waals surface area contributed by atoms with Crippen LogP contribution in [0.2, 0.25) is 0 Å². The normalized spacial score (nSPS) is 24.7. The minimum Gasteiger partial charge on any atom is -0.334 e. The third-order valence-corrected chi connectivity index (χ3v) is 6.19. The van der Waals surface area contributed by atoms with E-state index in [1.54, 1.807) is 0 Å². The zero-order valence-electron chi connectivity index (χ0n) is 15.4. The number of anilines is 2. The van der Waals surface area contributed by atoms with Crippen molar-refractivity contribution < 1.29 is 9.59 Å². The minimum absolute atomic E-state index is 0.147. The molecule has 5 rings (SSSR count). The molecule has 0 aromatic heterocycles. The first-order chi connectivity index (χ1) is 13.2. The lowest BCUT2D eigenvalue weighted by molar-refractivity contribution is -0.118. The molecule has 1 aliphatic heterocycles. The Morgan fingerprint density at radius 1 is 1.15 bits per heavy atom. The van der Waals surface area contributed by atoms with Crippen molar-refractivity contribution >= 4 is 23.3 Å². The minimum atomic E-state index is -0.147. The molecule has 3 amide bonds. The van der Waals surface area contributed by atoms with Gasteiger partial charge in [0, 0.05) is 36.3 Å². The van der Waals surface area contributed by atoms with Gasteiger partial charge in [0.05, 0.1) is 0 Å². The molecule has 5 nitrogen and oxygen atoms in total. The summed E-state index contributed by atoms with van der Waals surface area (Å²) in [4.78, 5) is 26.3. The highest BCUT2D eigenvalue weighted by molar-refractivity contribution is 5.97. The quantitative estimate of drug-likeness (QED) is 0.880. The van der Waals surface area contributed by atoms with E-state index in [9.17, 15) is 9.59 Å². The van der Waals surface area contributed by atoms with E-state index in [-0.39, 0.29) is 18.0 Å². The molecule has 2 aliphatic carbocycles. The number of aryl methyl sites for hydroxylation is 1. The van der Waals surface area contributed by atoms with Gasteiger partial charge >= 0.3 is 6.03 Å². The van der Waals surface area contributed by atoms with Crippen LogP contribution < -0.4 is 15.5 Å². The van der Waals surface area contributed by atoms with Crippen LogP contribution in [0.5, 0.6) is 0 Å². The molecule has 0 radical (unpaired) electrons. The van der Waals surface area contributed by atoms with Crippen molar-refractivity contribution in [1.82, 2.24) is 5.32 Å². The van der Waals surface area contributed by atoms with Crippen molar-refractivity contribution in [3.63, 3.8) is 0 Å². The average Bonchev–Trinajstić information content (AvgIpc) is 3.17. The maximum atomic E-state index is 12.5. The fraction of sp³-hybridized carbons (Fsp3) is 0.364. The van der Waals surface area contributed by atoms with E-state index < -0.39 is 0 Å². The monoisotopic (exact) mass is 361 g/mol. The van der Waals surface area contributed by atoms with E-state index in [0.717, 1.165) is 29.8 Å². The molecule has 0 spiro atoms. The smallest absolute Gasteiger partial charge is 0.319 e. The van der Waals surface area contributed by atoms with Gasteiger partial charge in [0.25, 0.3) is 0 Å². The highest BCUT2D eigenvalue weighted by Crippen LogP contribution is 2.56. The number of fused-ring (bicyclic) bond motifs is 4. The van der Waals surface area contributed by atoms with E-state index >= 15 is 0 Å². The second-order valence-corrected chi connectivity index (χ2v) is 7.70. The van der Waals surface area contributed by atoms with Crippen LogP contribution in [0.25, 0.3) is 0 Å². The summed E-state index contributed by atoms with van der Waals surface area (Å²) in [5.41, 5.74) is 5.68. The van der Waals surface area contributed by atoms with Crippen LogP contribution in [-0.2, 0) is 17.6 Å². The summed E-state index contributed by atoms with van der Waals surface area (Å²) in [5, 5.41) is 6.10. The summed E-state index contributed by atoms with van der Waals surface area (Å²) in [6.45, 7) is 2.66. The Bertz CT molecular complexity index is 939. The maximum absolute atomic E-state index is 12.5. The van der Waals surface area contributed by atoms with Crippen molar-refractivity contribution in [2.75, 3.05) is 16.8 Å². The fourth-order valence-corrected chi connectivity index (χ4v) is 4.85. The fourth-order valence-electron chi connectivity index (χ4n) is 4.85. The largest absolute Gasteiger partial charge is 0.334 e. The maximum Gasteiger partial charge on any atom is 0.319 e. The van der Waals surface area contributed by atoms with Crippen LogP contribution in [0.15, 0.2) is 42.5 Å². The predicted molar refractivity (Wildman–Crippen MR) is 105 cm³/mol. The molecule has 2 aromatic carbocycles. The highest BCUT2D eigenvalue weighted by atomic mass is 16.2. The molecule has 138 valence electrons. The molecule has 0 unspecified atom stereocenters. The van der Waals surface area contributed by atoms with E-state index in [1.165, 1.54) is 11.1 Å². The highest BCUT2D eigenvalue weighted by Gasteiger charge is 2.56. The summed E-state index contributed by atoms with van der Waals surface area (Å²) >= 11 is 0. The van der Waals surface area contributed by atoms with Gasteiger partial charge in [0.1, 0.15) is 0 Å². The molecule has 0 saturated heterocycles. The molecule has 0 bridgehead atoms. The second-order valence-electron chi connectivity index (χ2n) is 7.70. The first-order valence-electron chi connectivity index (χ1n) is 9.74. The van der Waals surface area contributed by atoms with Gasteiger partial charge in [-0.05, 0) is 60.6 Å². The van der Waals surface area contributed by atoms with Crippen LogP contribution >= 0.6 is 0 Å². The molecule has 27 heavy (non-hydrogen) atoms.